The van der Waals surface area contributed by atoms with Gasteiger partial charge in [-0.2, -0.15) is 5.10 Å². The average Bonchev–Trinajstić information content (AvgIpc) is 2.88. The van der Waals surface area contributed by atoms with E-state index in [0.717, 1.165) is 22.6 Å². The first-order valence-electron chi connectivity index (χ1n) is 5.52. The fourth-order valence-corrected chi connectivity index (χ4v) is 1.82. The number of nitrogens with zero attached hydrogens (tertiary/aromatic N) is 4. The molecule has 0 atom stereocenters. The molecule has 7 nitrogen and oxygen atoms in total. The molecule has 3 aromatic rings. The van der Waals surface area contributed by atoms with Crippen LogP contribution in [0, 0.1) is 20.8 Å². The molecule has 7 heteroatoms. The van der Waals surface area contributed by atoms with Gasteiger partial charge < -0.3 is 9.84 Å². The van der Waals surface area contributed by atoms with Gasteiger partial charge in [0.2, 0.25) is 0 Å². The second-order valence-corrected chi connectivity index (χ2v) is 4.09. The lowest BCUT2D eigenvalue weighted by Gasteiger charge is -2.04. The van der Waals surface area contributed by atoms with Crippen LogP contribution in [0.5, 0.6) is 0 Å². The highest BCUT2D eigenvalue weighted by Gasteiger charge is 2.14. The molecule has 0 aromatic carbocycles. The van der Waals surface area contributed by atoms with Gasteiger partial charge in [0.1, 0.15) is 23.2 Å². The van der Waals surface area contributed by atoms with Crippen LogP contribution in [0.25, 0.3) is 11.0 Å². The van der Waals surface area contributed by atoms with Crippen molar-refractivity contribution in [1.29, 1.82) is 0 Å². The van der Waals surface area contributed by atoms with Gasteiger partial charge in [-0.15, -0.1) is 0 Å². The summed E-state index contributed by atoms with van der Waals surface area (Å²) in [7, 11) is 0. The molecule has 0 spiro atoms. The highest BCUT2D eigenvalue weighted by molar-refractivity contribution is 5.88. The summed E-state index contributed by atoms with van der Waals surface area (Å²) < 4.78 is 5.10. The minimum Gasteiger partial charge on any atom is -0.359 e. The summed E-state index contributed by atoms with van der Waals surface area (Å²) in [5.74, 6) is 1.35. The van der Waals surface area contributed by atoms with Crippen molar-refractivity contribution in [2.24, 2.45) is 0 Å². The summed E-state index contributed by atoms with van der Waals surface area (Å²) in [6.45, 7) is 5.63. The van der Waals surface area contributed by atoms with E-state index < -0.39 is 0 Å². The zero-order valence-corrected chi connectivity index (χ0v) is 10.3. The van der Waals surface area contributed by atoms with E-state index in [9.17, 15) is 0 Å². The van der Waals surface area contributed by atoms with Gasteiger partial charge in [-0.05, 0) is 20.8 Å². The van der Waals surface area contributed by atoms with Crippen LogP contribution < -0.4 is 5.32 Å². The Morgan fingerprint density at radius 1 is 1.17 bits per heavy atom. The molecule has 3 rings (SSSR count). The molecule has 2 N–H and O–H groups in total. The van der Waals surface area contributed by atoms with Crippen LogP contribution in [-0.2, 0) is 0 Å². The Bertz CT molecular complexity index is 694. The third-order valence-electron chi connectivity index (χ3n) is 2.79. The monoisotopic (exact) mass is 244 g/mol. The van der Waals surface area contributed by atoms with Crippen molar-refractivity contribution < 1.29 is 4.52 Å². The Morgan fingerprint density at radius 3 is 2.72 bits per heavy atom. The molecule has 0 bridgehead atoms. The first-order valence-corrected chi connectivity index (χ1v) is 5.52. The number of fused-ring (bicyclic) bond motifs is 1. The molecule has 0 aliphatic heterocycles. The molecular weight excluding hydrogens is 232 g/mol. The van der Waals surface area contributed by atoms with Crippen molar-refractivity contribution in [3.05, 3.63) is 23.5 Å². The van der Waals surface area contributed by atoms with Crippen LogP contribution in [-0.4, -0.2) is 25.3 Å². The standard InChI is InChI=1S/C11H12N6O/c1-5-9-10(16-15-5)11(13-4-12-9)14-8-6(2)17-18-7(8)3/h4H,1-3H3,(H,15,16)(H,12,13,14). The minimum absolute atomic E-state index is 0.638. The summed E-state index contributed by atoms with van der Waals surface area (Å²) >= 11 is 0. The summed E-state index contributed by atoms with van der Waals surface area (Å²) in [5, 5.41) is 14.2. The van der Waals surface area contributed by atoms with Crippen LogP contribution in [0.1, 0.15) is 17.1 Å². The molecule has 92 valence electrons. The molecule has 3 heterocycles. The highest BCUT2D eigenvalue weighted by atomic mass is 16.5. The van der Waals surface area contributed by atoms with Crippen molar-refractivity contribution >= 4 is 22.5 Å². The molecule has 0 saturated carbocycles. The Labute approximate surface area is 103 Å². The average molecular weight is 244 g/mol. The maximum atomic E-state index is 5.10. The van der Waals surface area contributed by atoms with E-state index in [1.54, 1.807) is 0 Å². The number of hydrogen-bond donors (Lipinski definition) is 2. The first kappa shape index (κ1) is 10.7. The second-order valence-electron chi connectivity index (χ2n) is 4.09. The second kappa shape index (κ2) is 3.80. The quantitative estimate of drug-likeness (QED) is 0.716. The van der Waals surface area contributed by atoms with Crippen molar-refractivity contribution in [2.75, 3.05) is 5.32 Å². The molecule has 18 heavy (non-hydrogen) atoms. The minimum atomic E-state index is 0.638. The maximum Gasteiger partial charge on any atom is 0.162 e. The van der Waals surface area contributed by atoms with E-state index in [4.69, 9.17) is 4.52 Å². The van der Waals surface area contributed by atoms with Crippen molar-refractivity contribution in [2.45, 2.75) is 20.8 Å². The van der Waals surface area contributed by atoms with Crippen LogP contribution in [0.3, 0.4) is 0 Å². The largest absolute Gasteiger partial charge is 0.359 e. The van der Waals surface area contributed by atoms with Gasteiger partial charge in [0.15, 0.2) is 17.1 Å². The molecule has 0 aliphatic carbocycles. The maximum absolute atomic E-state index is 5.10. The number of aromatic nitrogens is 5. The molecular formula is C11H12N6O. The number of aryl methyl sites for hydroxylation is 3. The molecule has 0 unspecified atom stereocenters. The summed E-state index contributed by atoms with van der Waals surface area (Å²) in [6, 6.07) is 0. The zero-order chi connectivity index (χ0) is 12.7. The lowest BCUT2D eigenvalue weighted by Crippen LogP contribution is -1.97. The number of aromatic amines is 1. The summed E-state index contributed by atoms with van der Waals surface area (Å²) in [6.07, 6.45) is 1.51. The zero-order valence-electron chi connectivity index (χ0n) is 10.3. The van der Waals surface area contributed by atoms with Crippen LogP contribution in [0.15, 0.2) is 10.9 Å². The third kappa shape index (κ3) is 1.52. The Hall–Kier alpha value is -2.44. The van der Waals surface area contributed by atoms with Crippen LogP contribution in [0.4, 0.5) is 11.5 Å². The number of hydrogen-bond acceptors (Lipinski definition) is 6. The Kier molecular flexibility index (Phi) is 2.26. The van der Waals surface area contributed by atoms with Crippen molar-refractivity contribution in [1.82, 2.24) is 25.3 Å². The van der Waals surface area contributed by atoms with Gasteiger partial charge in [-0.25, -0.2) is 9.97 Å². The first-order chi connectivity index (χ1) is 8.66. The SMILES string of the molecule is Cc1noc(C)c1Nc1ncnc2c(C)[nH]nc12. The number of rotatable bonds is 2. The van der Waals surface area contributed by atoms with E-state index in [-0.39, 0.29) is 0 Å². The van der Waals surface area contributed by atoms with Gasteiger partial charge in [-0.3, -0.25) is 5.10 Å². The number of nitrogens with one attached hydrogen (secondary N) is 2. The Morgan fingerprint density at radius 2 is 2.00 bits per heavy atom. The lowest BCUT2D eigenvalue weighted by molar-refractivity contribution is 0.393. The fourth-order valence-electron chi connectivity index (χ4n) is 1.82. The van der Waals surface area contributed by atoms with Crippen molar-refractivity contribution in [3.8, 4) is 0 Å². The van der Waals surface area contributed by atoms with Gasteiger partial charge in [0.05, 0.1) is 5.69 Å². The number of H-pyrrole nitrogens is 1. The smallest absolute Gasteiger partial charge is 0.162 e. The van der Waals surface area contributed by atoms with E-state index >= 15 is 0 Å². The molecule has 0 fully saturated rings. The Balaban J connectivity index is 2.10. The van der Waals surface area contributed by atoms with Gasteiger partial charge in [0.25, 0.3) is 0 Å². The normalized spacial score (nSPS) is 11.1. The van der Waals surface area contributed by atoms with E-state index in [2.05, 4.69) is 30.6 Å². The van der Waals surface area contributed by atoms with Gasteiger partial charge >= 0.3 is 0 Å². The van der Waals surface area contributed by atoms with E-state index in [0.29, 0.717) is 17.1 Å². The highest BCUT2D eigenvalue weighted by Crippen LogP contribution is 2.26. The van der Waals surface area contributed by atoms with E-state index in [1.165, 1.54) is 6.33 Å². The van der Waals surface area contributed by atoms with Crippen LogP contribution in [0.2, 0.25) is 0 Å². The van der Waals surface area contributed by atoms with E-state index in [1.807, 2.05) is 20.8 Å². The van der Waals surface area contributed by atoms with Gasteiger partial charge in [0, 0.05) is 0 Å². The molecule has 0 radical (unpaired) electrons. The summed E-state index contributed by atoms with van der Waals surface area (Å²) in [4.78, 5) is 8.39. The molecule has 0 saturated heterocycles. The third-order valence-corrected chi connectivity index (χ3v) is 2.79. The topological polar surface area (TPSA) is 92.5 Å². The van der Waals surface area contributed by atoms with Crippen LogP contribution >= 0.6 is 0 Å². The lowest BCUT2D eigenvalue weighted by atomic mass is 10.3. The van der Waals surface area contributed by atoms with Gasteiger partial charge in [-0.1, -0.05) is 5.16 Å². The predicted molar refractivity (Wildman–Crippen MR) is 65.7 cm³/mol. The predicted octanol–water partition coefficient (Wildman–Crippen LogP) is 2.01. The summed E-state index contributed by atoms with van der Waals surface area (Å²) in [5.41, 5.74) is 4.02. The molecule has 0 amide bonds. The molecule has 3 aromatic heterocycles. The van der Waals surface area contributed by atoms with Crippen molar-refractivity contribution in [3.63, 3.8) is 0 Å². The molecule has 0 aliphatic rings. The fraction of sp³-hybridized carbons (Fsp3) is 0.273. The number of anilines is 2.